The number of fused-ring (bicyclic) bond motifs is 1. The van der Waals surface area contributed by atoms with Crippen molar-refractivity contribution in [1.82, 2.24) is 9.38 Å². The molecular weight excluding hydrogens is 402 g/mol. The van der Waals surface area contributed by atoms with Gasteiger partial charge in [0.05, 0.1) is 5.69 Å². The van der Waals surface area contributed by atoms with Crippen LogP contribution in [0.15, 0.2) is 67.0 Å². The molecule has 0 unspecified atom stereocenters. The lowest BCUT2D eigenvalue weighted by atomic mass is 10.2. The standard InChI is InChI=1S/C23H20F2N4O2/c1-28(2)22-19(24)11-16(12-20(22)25)27-23(30)15-6-5-7-18(10-15)31-14-17-13-29-9-4-3-8-21(29)26-17/h3-13H,14H2,1-2H3,(H,27,30). The molecule has 8 heteroatoms. The van der Waals surface area contributed by atoms with E-state index in [1.807, 2.05) is 35.0 Å². The van der Waals surface area contributed by atoms with Gasteiger partial charge in [-0.3, -0.25) is 4.79 Å². The molecule has 0 saturated carbocycles. The second-order valence-corrected chi connectivity index (χ2v) is 7.15. The van der Waals surface area contributed by atoms with Crippen LogP contribution in [0.4, 0.5) is 20.2 Å². The summed E-state index contributed by atoms with van der Waals surface area (Å²) in [5, 5.41) is 2.52. The third-order valence-corrected chi connectivity index (χ3v) is 4.62. The number of carbonyl (C=O) groups excluding carboxylic acids is 1. The number of hydrogen-bond acceptors (Lipinski definition) is 4. The number of nitrogens with one attached hydrogen (secondary N) is 1. The second kappa shape index (κ2) is 8.43. The highest BCUT2D eigenvalue weighted by Gasteiger charge is 2.15. The Morgan fingerprint density at radius 1 is 1.10 bits per heavy atom. The Morgan fingerprint density at radius 3 is 2.58 bits per heavy atom. The normalized spacial score (nSPS) is 10.8. The molecule has 31 heavy (non-hydrogen) atoms. The van der Waals surface area contributed by atoms with Gasteiger partial charge >= 0.3 is 0 Å². The molecule has 0 spiro atoms. The molecule has 4 rings (SSSR count). The van der Waals surface area contributed by atoms with Crippen LogP contribution in [-0.2, 0) is 6.61 Å². The largest absolute Gasteiger partial charge is 0.487 e. The Hall–Kier alpha value is -3.94. The van der Waals surface area contributed by atoms with Crippen LogP contribution in [-0.4, -0.2) is 29.4 Å². The van der Waals surface area contributed by atoms with Crippen molar-refractivity contribution in [2.45, 2.75) is 6.61 Å². The van der Waals surface area contributed by atoms with Crippen LogP contribution < -0.4 is 15.0 Å². The zero-order chi connectivity index (χ0) is 22.0. The quantitative estimate of drug-likeness (QED) is 0.497. The Bertz CT molecular complexity index is 1200. The summed E-state index contributed by atoms with van der Waals surface area (Å²) < 4.78 is 36.0. The summed E-state index contributed by atoms with van der Waals surface area (Å²) in [6, 6.07) is 14.4. The fourth-order valence-electron chi connectivity index (χ4n) is 3.21. The molecule has 0 aliphatic heterocycles. The van der Waals surface area contributed by atoms with Gasteiger partial charge in [0.2, 0.25) is 0 Å². The first-order chi connectivity index (χ1) is 14.9. The van der Waals surface area contributed by atoms with Crippen molar-refractivity contribution in [2.75, 3.05) is 24.3 Å². The molecule has 2 aromatic heterocycles. The Morgan fingerprint density at radius 2 is 1.87 bits per heavy atom. The molecule has 6 nitrogen and oxygen atoms in total. The van der Waals surface area contributed by atoms with E-state index in [4.69, 9.17) is 4.74 Å². The van der Waals surface area contributed by atoms with E-state index in [1.165, 1.54) is 19.0 Å². The number of amides is 1. The van der Waals surface area contributed by atoms with E-state index in [0.717, 1.165) is 23.5 Å². The number of halogens is 2. The highest BCUT2D eigenvalue weighted by atomic mass is 19.1. The summed E-state index contributed by atoms with van der Waals surface area (Å²) in [7, 11) is 3.08. The fraction of sp³-hybridized carbons (Fsp3) is 0.130. The number of pyridine rings is 1. The van der Waals surface area contributed by atoms with Crippen molar-refractivity contribution < 1.29 is 18.3 Å². The molecule has 2 heterocycles. The van der Waals surface area contributed by atoms with Gasteiger partial charge in [-0.15, -0.1) is 0 Å². The Kier molecular flexibility index (Phi) is 5.53. The number of benzene rings is 2. The van der Waals surface area contributed by atoms with Gasteiger partial charge in [0.15, 0.2) is 11.6 Å². The molecule has 0 fully saturated rings. The summed E-state index contributed by atoms with van der Waals surface area (Å²) in [6.45, 7) is 0.231. The minimum absolute atomic E-state index is 0.0293. The molecule has 1 N–H and O–H groups in total. The smallest absolute Gasteiger partial charge is 0.255 e. The van der Waals surface area contributed by atoms with E-state index in [-0.39, 0.29) is 18.0 Å². The molecular formula is C23H20F2N4O2. The van der Waals surface area contributed by atoms with Gasteiger partial charge in [0.25, 0.3) is 5.91 Å². The number of rotatable bonds is 6. The summed E-state index contributed by atoms with van der Waals surface area (Å²) in [4.78, 5) is 18.4. The van der Waals surface area contributed by atoms with Crippen LogP contribution in [0.25, 0.3) is 5.65 Å². The van der Waals surface area contributed by atoms with E-state index in [2.05, 4.69) is 10.3 Å². The molecule has 0 saturated heterocycles. The fourth-order valence-corrected chi connectivity index (χ4v) is 3.21. The molecule has 2 aromatic carbocycles. The highest BCUT2D eigenvalue weighted by molar-refractivity contribution is 6.04. The van der Waals surface area contributed by atoms with Crippen molar-refractivity contribution in [3.05, 3.63) is 89.9 Å². The average Bonchev–Trinajstić information content (AvgIpc) is 3.15. The maximum Gasteiger partial charge on any atom is 0.255 e. The Labute approximate surface area is 177 Å². The number of hydrogen-bond donors (Lipinski definition) is 1. The summed E-state index contributed by atoms with van der Waals surface area (Å²) in [5.74, 6) is -1.55. The van der Waals surface area contributed by atoms with Gasteiger partial charge in [-0.05, 0) is 42.5 Å². The van der Waals surface area contributed by atoms with Crippen LogP contribution in [0.1, 0.15) is 16.1 Å². The van der Waals surface area contributed by atoms with E-state index < -0.39 is 17.5 Å². The number of nitrogens with zero attached hydrogens (tertiary/aromatic N) is 3. The number of anilines is 2. The lowest BCUT2D eigenvalue weighted by molar-refractivity contribution is 0.102. The first-order valence-corrected chi connectivity index (χ1v) is 9.54. The van der Waals surface area contributed by atoms with E-state index in [9.17, 15) is 13.6 Å². The number of carbonyl (C=O) groups is 1. The number of ether oxygens (including phenoxy) is 1. The summed E-state index contributed by atoms with van der Waals surface area (Å²) >= 11 is 0. The van der Waals surface area contributed by atoms with Gasteiger partial charge < -0.3 is 19.4 Å². The first kappa shape index (κ1) is 20.3. The lowest BCUT2D eigenvalue weighted by Gasteiger charge is -2.16. The first-order valence-electron chi connectivity index (χ1n) is 9.54. The van der Waals surface area contributed by atoms with Gasteiger partial charge in [-0.1, -0.05) is 12.1 Å². The Balaban J connectivity index is 1.45. The predicted molar refractivity (Wildman–Crippen MR) is 115 cm³/mol. The molecule has 0 atom stereocenters. The zero-order valence-corrected chi connectivity index (χ0v) is 17.0. The maximum atomic E-state index is 14.2. The summed E-state index contributed by atoms with van der Waals surface area (Å²) in [5.41, 5.74) is 1.72. The van der Waals surface area contributed by atoms with Crippen LogP contribution in [0.5, 0.6) is 5.75 Å². The minimum atomic E-state index is -0.759. The molecule has 0 bridgehead atoms. The summed E-state index contributed by atoms with van der Waals surface area (Å²) in [6.07, 6.45) is 3.76. The lowest BCUT2D eigenvalue weighted by Crippen LogP contribution is -2.15. The predicted octanol–water partition coefficient (Wildman–Crippen LogP) is 4.51. The molecule has 4 aromatic rings. The minimum Gasteiger partial charge on any atom is -0.487 e. The second-order valence-electron chi connectivity index (χ2n) is 7.15. The van der Waals surface area contributed by atoms with Crippen molar-refractivity contribution in [2.24, 2.45) is 0 Å². The van der Waals surface area contributed by atoms with Crippen molar-refractivity contribution in [3.8, 4) is 5.75 Å². The third kappa shape index (κ3) is 4.48. The van der Waals surface area contributed by atoms with Gasteiger partial charge in [-0.2, -0.15) is 0 Å². The van der Waals surface area contributed by atoms with E-state index in [0.29, 0.717) is 11.3 Å². The zero-order valence-electron chi connectivity index (χ0n) is 17.0. The monoisotopic (exact) mass is 422 g/mol. The average molecular weight is 422 g/mol. The molecule has 1 amide bonds. The van der Waals surface area contributed by atoms with Gasteiger partial charge in [0, 0.05) is 37.7 Å². The van der Waals surface area contributed by atoms with Crippen LogP contribution >= 0.6 is 0 Å². The van der Waals surface area contributed by atoms with Crippen LogP contribution in [0.2, 0.25) is 0 Å². The molecule has 0 aliphatic rings. The highest BCUT2D eigenvalue weighted by Crippen LogP contribution is 2.26. The van der Waals surface area contributed by atoms with E-state index >= 15 is 0 Å². The SMILES string of the molecule is CN(C)c1c(F)cc(NC(=O)c2cccc(OCc3cn4ccccc4n3)c2)cc1F. The van der Waals surface area contributed by atoms with E-state index in [1.54, 1.807) is 24.3 Å². The van der Waals surface area contributed by atoms with Crippen molar-refractivity contribution >= 4 is 22.9 Å². The molecule has 0 aliphatic carbocycles. The van der Waals surface area contributed by atoms with Crippen LogP contribution in [0.3, 0.4) is 0 Å². The number of imidazole rings is 1. The van der Waals surface area contributed by atoms with Gasteiger partial charge in [0.1, 0.15) is 23.7 Å². The number of aromatic nitrogens is 2. The molecule has 0 radical (unpaired) electrons. The topological polar surface area (TPSA) is 58.9 Å². The molecule has 158 valence electrons. The van der Waals surface area contributed by atoms with Gasteiger partial charge in [-0.25, -0.2) is 13.8 Å². The third-order valence-electron chi connectivity index (χ3n) is 4.62. The van der Waals surface area contributed by atoms with Crippen molar-refractivity contribution in [1.29, 1.82) is 0 Å². The van der Waals surface area contributed by atoms with Crippen molar-refractivity contribution in [3.63, 3.8) is 0 Å². The maximum absolute atomic E-state index is 14.2. The van der Waals surface area contributed by atoms with Crippen LogP contribution in [0, 0.1) is 11.6 Å².